The van der Waals surface area contributed by atoms with E-state index in [-0.39, 0.29) is 18.0 Å². The van der Waals surface area contributed by atoms with Crippen molar-refractivity contribution in [2.24, 2.45) is 5.92 Å². The number of carbonyl (C=O) groups excluding carboxylic acids is 1. The Kier molecular flexibility index (Phi) is 2.58. The first-order valence-electron chi connectivity index (χ1n) is 5.16. The number of carbonyl (C=O) groups is 1. The summed E-state index contributed by atoms with van der Waals surface area (Å²) in [7, 11) is 0. The highest BCUT2D eigenvalue weighted by molar-refractivity contribution is 5.73. The van der Waals surface area contributed by atoms with E-state index < -0.39 is 0 Å². The fourth-order valence-electron chi connectivity index (χ4n) is 1.58. The SMILES string of the molecule is CC(C)C(=O)OC1C=Cc2ccccc21. The van der Waals surface area contributed by atoms with Gasteiger partial charge in [-0.05, 0) is 11.6 Å². The van der Waals surface area contributed by atoms with Crippen molar-refractivity contribution in [2.75, 3.05) is 0 Å². The zero-order chi connectivity index (χ0) is 10.8. The van der Waals surface area contributed by atoms with Crippen molar-refractivity contribution in [2.45, 2.75) is 20.0 Å². The zero-order valence-corrected chi connectivity index (χ0v) is 8.94. The second kappa shape index (κ2) is 3.89. The van der Waals surface area contributed by atoms with Gasteiger partial charge in [0.2, 0.25) is 0 Å². The van der Waals surface area contributed by atoms with Gasteiger partial charge in [0.1, 0.15) is 6.10 Å². The van der Waals surface area contributed by atoms with Gasteiger partial charge in [-0.15, -0.1) is 0 Å². The lowest BCUT2D eigenvalue weighted by Crippen LogP contribution is -2.14. The lowest BCUT2D eigenvalue weighted by atomic mass is 10.1. The van der Waals surface area contributed by atoms with Crippen LogP contribution in [0.15, 0.2) is 30.3 Å². The van der Waals surface area contributed by atoms with E-state index in [4.69, 9.17) is 4.74 Å². The van der Waals surface area contributed by atoms with Crippen LogP contribution in [0.1, 0.15) is 31.1 Å². The molecule has 2 rings (SSSR count). The first kappa shape index (κ1) is 9.97. The maximum Gasteiger partial charge on any atom is 0.309 e. The first-order valence-corrected chi connectivity index (χ1v) is 5.16. The molecule has 0 radical (unpaired) electrons. The van der Waals surface area contributed by atoms with Crippen LogP contribution in [-0.2, 0) is 9.53 Å². The van der Waals surface area contributed by atoms with Crippen molar-refractivity contribution in [3.63, 3.8) is 0 Å². The van der Waals surface area contributed by atoms with Crippen LogP contribution >= 0.6 is 0 Å². The quantitative estimate of drug-likeness (QED) is 0.689. The maximum atomic E-state index is 11.5. The smallest absolute Gasteiger partial charge is 0.309 e. The van der Waals surface area contributed by atoms with Crippen molar-refractivity contribution in [3.05, 3.63) is 41.5 Å². The Labute approximate surface area is 89.6 Å². The second-order valence-electron chi connectivity index (χ2n) is 4.00. The first-order chi connectivity index (χ1) is 7.18. The van der Waals surface area contributed by atoms with E-state index in [0.717, 1.165) is 11.1 Å². The molecule has 1 aliphatic rings. The van der Waals surface area contributed by atoms with Crippen molar-refractivity contribution >= 4 is 12.0 Å². The summed E-state index contributed by atoms with van der Waals surface area (Å²) in [5, 5.41) is 0. The molecule has 0 aromatic heterocycles. The maximum absolute atomic E-state index is 11.5. The predicted octanol–water partition coefficient (Wildman–Crippen LogP) is 2.95. The molecule has 0 heterocycles. The second-order valence-corrected chi connectivity index (χ2v) is 4.00. The van der Waals surface area contributed by atoms with Crippen LogP contribution in [-0.4, -0.2) is 5.97 Å². The highest BCUT2D eigenvalue weighted by Gasteiger charge is 2.21. The lowest BCUT2D eigenvalue weighted by molar-refractivity contribution is -0.150. The fraction of sp³-hybridized carbons (Fsp3) is 0.308. The molecule has 78 valence electrons. The van der Waals surface area contributed by atoms with E-state index in [1.165, 1.54) is 0 Å². The Balaban J connectivity index is 2.15. The van der Waals surface area contributed by atoms with E-state index >= 15 is 0 Å². The molecule has 2 nitrogen and oxygen atoms in total. The van der Waals surface area contributed by atoms with Crippen LogP contribution in [0.2, 0.25) is 0 Å². The summed E-state index contributed by atoms with van der Waals surface area (Å²) >= 11 is 0. The van der Waals surface area contributed by atoms with Gasteiger partial charge in [0.15, 0.2) is 0 Å². The van der Waals surface area contributed by atoms with Crippen molar-refractivity contribution in [1.82, 2.24) is 0 Å². The van der Waals surface area contributed by atoms with Crippen molar-refractivity contribution in [3.8, 4) is 0 Å². The molecule has 0 saturated carbocycles. The van der Waals surface area contributed by atoms with E-state index in [1.807, 2.05) is 50.3 Å². The van der Waals surface area contributed by atoms with Crippen LogP contribution < -0.4 is 0 Å². The van der Waals surface area contributed by atoms with Crippen LogP contribution in [0.5, 0.6) is 0 Å². The summed E-state index contributed by atoms with van der Waals surface area (Å²) in [5.74, 6) is -0.229. The summed E-state index contributed by atoms with van der Waals surface area (Å²) in [6.45, 7) is 3.68. The van der Waals surface area contributed by atoms with E-state index in [2.05, 4.69) is 0 Å². The number of fused-ring (bicyclic) bond motifs is 1. The zero-order valence-electron chi connectivity index (χ0n) is 8.94. The van der Waals surface area contributed by atoms with Gasteiger partial charge in [0.25, 0.3) is 0 Å². The summed E-state index contributed by atoms with van der Waals surface area (Å²) in [6, 6.07) is 7.96. The highest BCUT2D eigenvalue weighted by Crippen LogP contribution is 2.31. The van der Waals surface area contributed by atoms with E-state index in [9.17, 15) is 4.79 Å². The van der Waals surface area contributed by atoms with Crippen LogP contribution in [0.3, 0.4) is 0 Å². The molecule has 0 aliphatic heterocycles. The molecule has 1 atom stereocenters. The number of hydrogen-bond acceptors (Lipinski definition) is 2. The molecule has 0 bridgehead atoms. The molecule has 1 aliphatic carbocycles. The third kappa shape index (κ3) is 1.94. The van der Waals surface area contributed by atoms with Gasteiger partial charge < -0.3 is 4.74 Å². The molecule has 2 heteroatoms. The van der Waals surface area contributed by atoms with Crippen molar-refractivity contribution in [1.29, 1.82) is 0 Å². The van der Waals surface area contributed by atoms with Gasteiger partial charge in [-0.3, -0.25) is 4.79 Å². The average molecular weight is 202 g/mol. The van der Waals surface area contributed by atoms with Gasteiger partial charge in [-0.2, -0.15) is 0 Å². The van der Waals surface area contributed by atoms with Crippen molar-refractivity contribution < 1.29 is 9.53 Å². The third-order valence-electron chi connectivity index (χ3n) is 2.47. The molecule has 1 unspecified atom stereocenters. The van der Waals surface area contributed by atoms with Gasteiger partial charge >= 0.3 is 5.97 Å². The molecule has 0 saturated heterocycles. The number of hydrogen-bond donors (Lipinski definition) is 0. The van der Waals surface area contributed by atoms with Gasteiger partial charge in [0.05, 0.1) is 5.92 Å². The molecule has 1 aromatic rings. The van der Waals surface area contributed by atoms with Gasteiger partial charge in [-0.1, -0.05) is 44.2 Å². The Hall–Kier alpha value is -1.57. The van der Waals surface area contributed by atoms with E-state index in [0.29, 0.717) is 0 Å². The Morgan fingerprint density at radius 3 is 2.80 bits per heavy atom. The summed E-state index contributed by atoms with van der Waals surface area (Å²) in [5.41, 5.74) is 2.21. The molecular weight excluding hydrogens is 188 g/mol. The molecular formula is C13H14O2. The number of esters is 1. The highest BCUT2D eigenvalue weighted by atomic mass is 16.5. The number of ether oxygens (including phenoxy) is 1. The largest absolute Gasteiger partial charge is 0.453 e. The minimum absolute atomic E-state index is 0.0776. The minimum Gasteiger partial charge on any atom is -0.453 e. The third-order valence-corrected chi connectivity index (χ3v) is 2.47. The molecule has 0 fully saturated rings. The topological polar surface area (TPSA) is 26.3 Å². The molecule has 0 N–H and O–H groups in total. The minimum atomic E-state index is -0.198. The Morgan fingerprint density at radius 1 is 1.33 bits per heavy atom. The summed E-state index contributed by atoms with van der Waals surface area (Å²) < 4.78 is 5.37. The number of benzene rings is 1. The van der Waals surface area contributed by atoms with Crippen LogP contribution in [0.25, 0.3) is 6.08 Å². The molecule has 0 spiro atoms. The standard InChI is InChI=1S/C13H14O2/c1-9(2)13(14)15-12-8-7-10-5-3-4-6-11(10)12/h3-9,12H,1-2H3. The molecule has 15 heavy (non-hydrogen) atoms. The number of rotatable bonds is 2. The summed E-state index contributed by atoms with van der Waals surface area (Å²) in [6.07, 6.45) is 3.72. The van der Waals surface area contributed by atoms with E-state index in [1.54, 1.807) is 0 Å². The normalized spacial score (nSPS) is 17.9. The Morgan fingerprint density at radius 2 is 2.07 bits per heavy atom. The van der Waals surface area contributed by atoms with Gasteiger partial charge in [-0.25, -0.2) is 0 Å². The van der Waals surface area contributed by atoms with Crippen LogP contribution in [0, 0.1) is 5.92 Å². The molecule has 1 aromatic carbocycles. The average Bonchev–Trinajstić information content (AvgIpc) is 2.62. The molecule has 0 amide bonds. The van der Waals surface area contributed by atoms with Gasteiger partial charge in [0, 0.05) is 5.56 Å². The summed E-state index contributed by atoms with van der Waals surface area (Å²) in [4.78, 5) is 11.5. The fourth-order valence-corrected chi connectivity index (χ4v) is 1.58. The van der Waals surface area contributed by atoms with Crippen LogP contribution in [0.4, 0.5) is 0 Å². The lowest BCUT2D eigenvalue weighted by Gasteiger charge is -2.14. The monoisotopic (exact) mass is 202 g/mol. The Bertz CT molecular complexity index is 405. The predicted molar refractivity (Wildman–Crippen MR) is 59.1 cm³/mol.